The van der Waals surface area contributed by atoms with E-state index in [0.717, 1.165) is 48.3 Å². The van der Waals surface area contributed by atoms with Crippen molar-refractivity contribution in [3.8, 4) is 17.2 Å². The number of hydrogen-bond donors (Lipinski definition) is 0. The molecule has 0 atom stereocenters. The van der Waals surface area contributed by atoms with Crippen LogP contribution < -0.4 is 19.1 Å². The molecular weight excluding hydrogens is 534 g/mol. The summed E-state index contributed by atoms with van der Waals surface area (Å²) in [7, 11) is 7.14. The van der Waals surface area contributed by atoms with Gasteiger partial charge in [-0.1, -0.05) is 31.9 Å². The largest absolute Gasteiger partial charge is 0.496 e. The minimum atomic E-state index is -0.0619. The van der Waals surface area contributed by atoms with Crippen molar-refractivity contribution in [1.82, 2.24) is 14.7 Å². The number of benzene rings is 2. The van der Waals surface area contributed by atoms with Gasteiger partial charge in [0.25, 0.3) is 0 Å². The predicted octanol–water partition coefficient (Wildman–Crippen LogP) is 4.45. The molecule has 0 unspecified atom stereocenters. The maximum Gasteiger partial charge on any atom is 0.324 e. The van der Waals surface area contributed by atoms with Crippen LogP contribution in [-0.2, 0) is 17.8 Å². The van der Waals surface area contributed by atoms with Gasteiger partial charge in [-0.3, -0.25) is 14.7 Å². The smallest absolute Gasteiger partial charge is 0.324 e. The van der Waals surface area contributed by atoms with Crippen molar-refractivity contribution in [2.24, 2.45) is 4.99 Å². The van der Waals surface area contributed by atoms with Gasteiger partial charge in [-0.2, -0.15) is 0 Å². The number of amides is 3. The Morgan fingerprint density at radius 3 is 2.52 bits per heavy atom. The number of hydrogen-bond acceptors (Lipinski definition) is 7. The zero-order valence-corrected chi connectivity index (χ0v) is 25.7. The lowest BCUT2D eigenvalue weighted by Gasteiger charge is -2.36. The van der Waals surface area contributed by atoms with Crippen LogP contribution in [0.2, 0.25) is 0 Å². The maximum absolute atomic E-state index is 13.6. The van der Waals surface area contributed by atoms with Crippen molar-refractivity contribution in [1.29, 1.82) is 0 Å². The minimum Gasteiger partial charge on any atom is -0.496 e. The molecule has 2 heterocycles. The van der Waals surface area contributed by atoms with Crippen LogP contribution in [0.5, 0.6) is 17.2 Å². The summed E-state index contributed by atoms with van der Waals surface area (Å²) >= 11 is 0. The Kier molecular flexibility index (Phi) is 10.9. The summed E-state index contributed by atoms with van der Waals surface area (Å²) in [5.74, 6) is 2.96. The zero-order chi connectivity index (χ0) is 30.1. The average molecular weight is 580 g/mol. The Labute approximate surface area is 249 Å². The first-order valence-electron chi connectivity index (χ1n) is 14.9. The molecule has 4 rings (SSSR count). The summed E-state index contributed by atoms with van der Waals surface area (Å²) in [6, 6.07) is 11.4. The van der Waals surface area contributed by atoms with Crippen molar-refractivity contribution >= 4 is 23.5 Å². The molecule has 42 heavy (non-hydrogen) atoms. The van der Waals surface area contributed by atoms with Crippen molar-refractivity contribution in [3.05, 3.63) is 47.5 Å². The number of carbonyl (C=O) groups is 2. The molecule has 10 heteroatoms. The number of ether oxygens (including phenoxy) is 3. The maximum atomic E-state index is 13.6. The summed E-state index contributed by atoms with van der Waals surface area (Å²) in [6.45, 7) is 6.23. The molecule has 10 nitrogen and oxygen atoms in total. The van der Waals surface area contributed by atoms with Gasteiger partial charge in [0.05, 0.1) is 46.9 Å². The fraction of sp³-hybridized carbons (Fsp3) is 0.531. The van der Waals surface area contributed by atoms with Crippen molar-refractivity contribution in [3.63, 3.8) is 0 Å². The van der Waals surface area contributed by atoms with Crippen LogP contribution in [0, 0.1) is 0 Å². The summed E-state index contributed by atoms with van der Waals surface area (Å²) in [5, 5.41) is 0. The highest BCUT2D eigenvalue weighted by molar-refractivity contribution is 5.93. The number of carbonyl (C=O) groups excluding carboxylic acids is 2. The van der Waals surface area contributed by atoms with E-state index < -0.39 is 0 Å². The molecule has 3 amide bonds. The molecule has 0 bridgehead atoms. The van der Waals surface area contributed by atoms with Gasteiger partial charge in [-0.15, -0.1) is 0 Å². The van der Waals surface area contributed by atoms with Crippen molar-refractivity contribution < 1.29 is 23.8 Å². The van der Waals surface area contributed by atoms with Crippen LogP contribution >= 0.6 is 0 Å². The number of likely N-dealkylation sites (N-methyl/N-ethyl adjacent to an activating group) is 1. The lowest BCUT2D eigenvalue weighted by Crippen LogP contribution is -2.49. The molecule has 2 aliphatic heterocycles. The summed E-state index contributed by atoms with van der Waals surface area (Å²) in [4.78, 5) is 38.6. The van der Waals surface area contributed by atoms with Gasteiger partial charge in [-0.25, -0.2) is 4.79 Å². The summed E-state index contributed by atoms with van der Waals surface area (Å²) < 4.78 is 17.2. The molecule has 0 aliphatic carbocycles. The molecule has 2 aliphatic rings. The van der Waals surface area contributed by atoms with Crippen LogP contribution in [0.25, 0.3) is 0 Å². The van der Waals surface area contributed by atoms with E-state index in [1.54, 1.807) is 19.1 Å². The fourth-order valence-electron chi connectivity index (χ4n) is 5.27. The fourth-order valence-corrected chi connectivity index (χ4v) is 5.27. The highest BCUT2D eigenvalue weighted by Gasteiger charge is 2.28. The van der Waals surface area contributed by atoms with Gasteiger partial charge in [0.1, 0.15) is 11.6 Å². The van der Waals surface area contributed by atoms with Gasteiger partial charge < -0.3 is 28.9 Å². The van der Waals surface area contributed by atoms with Gasteiger partial charge in [0.15, 0.2) is 11.5 Å². The molecular formula is C32H45N5O5. The van der Waals surface area contributed by atoms with Crippen LogP contribution in [0.3, 0.4) is 0 Å². The molecule has 1 fully saturated rings. The van der Waals surface area contributed by atoms with Crippen LogP contribution in [0.1, 0.15) is 43.7 Å². The number of unbranched alkanes of at least 4 members (excludes halogenated alkanes) is 2. The van der Waals surface area contributed by atoms with Gasteiger partial charge in [0.2, 0.25) is 5.91 Å². The SMILES string of the molecule is CCCCCOc1cc(N2CCCN(Cc3ccc(CC(=O)N4CCN=C(N(C)C)C4)cc3OC)C2=O)ccc1OC. The van der Waals surface area contributed by atoms with Crippen LogP contribution in [0.15, 0.2) is 41.4 Å². The molecule has 0 spiro atoms. The normalized spacial score (nSPS) is 15.4. The van der Waals surface area contributed by atoms with E-state index in [0.29, 0.717) is 63.1 Å². The van der Waals surface area contributed by atoms with Gasteiger partial charge in [0, 0.05) is 51.0 Å². The van der Waals surface area contributed by atoms with Crippen molar-refractivity contribution in [2.75, 3.05) is 72.5 Å². The van der Waals surface area contributed by atoms with Crippen LogP contribution in [-0.4, -0.2) is 100 Å². The highest BCUT2D eigenvalue weighted by Crippen LogP contribution is 2.34. The lowest BCUT2D eigenvalue weighted by molar-refractivity contribution is -0.129. The topological polar surface area (TPSA) is 87.2 Å². The molecule has 2 aromatic carbocycles. The van der Waals surface area contributed by atoms with E-state index in [4.69, 9.17) is 14.2 Å². The number of nitrogens with zero attached hydrogens (tertiary/aromatic N) is 5. The number of urea groups is 1. The van der Waals surface area contributed by atoms with E-state index in [2.05, 4.69) is 11.9 Å². The number of aliphatic imine (C=N–C) groups is 1. The Morgan fingerprint density at radius 1 is 0.976 bits per heavy atom. The first-order chi connectivity index (χ1) is 20.3. The molecule has 0 saturated carbocycles. The summed E-state index contributed by atoms with van der Waals surface area (Å²) in [5.41, 5.74) is 2.57. The standard InChI is InChI=1S/C32H45N5O5/c1-6-7-8-18-42-29-21-26(12-13-27(29)40-4)37-16-9-15-36(32(37)39)22-25-11-10-24(19-28(25)41-5)20-31(38)35-17-14-33-30(23-35)34(2)3/h10-13,19,21H,6-9,14-18,20,22-23H2,1-5H3. The van der Waals surface area contributed by atoms with E-state index >= 15 is 0 Å². The lowest BCUT2D eigenvalue weighted by atomic mass is 10.1. The van der Waals surface area contributed by atoms with E-state index in [-0.39, 0.29) is 18.4 Å². The molecule has 1 saturated heterocycles. The first-order valence-corrected chi connectivity index (χ1v) is 14.9. The molecule has 0 radical (unpaired) electrons. The Balaban J connectivity index is 1.42. The third-order valence-corrected chi connectivity index (χ3v) is 7.71. The van der Waals surface area contributed by atoms with Crippen LogP contribution in [0.4, 0.5) is 10.5 Å². The van der Waals surface area contributed by atoms with E-state index in [1.165, 1.54) is 0 Å². The second kappa shape index (κ2) is 14.8. The Hall–Kier alpha value is -3.95. The third kappa shape index (κ3) is 7.66. The van der Waals surface area contributed by atoms with Gasteiger partial charge in [-0.05, 0) is 36.6 Å². The molecule has 228 valence electrons. The van der Waals surface area contributed by atoms with E-state index in [1.807, 2.05) is 65.2 Å². The van der Waals surface area contributed by atoms with Crippen molar-refractivity contribution in [2.45, 2.75) is 45.6 Å². The Morgan fingerprint density at radius 2 is 1.79 bits per heavy atom. The van der Waals surface area contributed by atoms with Gasteiger partial charge >= 0.3 is 6.03 Å². The highest BCUT2D eigenvalue weighted by atomic mass is 16.5. The minimum absolute atomic E-state index is 0.0619. The zero-order valence-electron chi connectivity index (χ0n) is 25.7. The molecule has 0 N–H and O–H groups in total. The average Bonchev–Trinajstić information content (AvgIpc) is 3.01. The quantitative estimate of drug-likeness (QED) is 0.346. The Bertz CT molecular complexity index is 1260. The second-order valence-electron chi connectivity index (χ2n) is 10.9. The first kappa shape index (κ1) is 31.0. The predicted molar refractivity (Wildman–Crippen MR) is 165 cm³/mol. The molecule has 2 aromatic rings. The molecule has 0 aromatic heterocycles. The second-order valence-corrected chi connectivity index (χ2v) is 10.9. The number of rotatable bonds is 12. The monoisotopic (exact) mass is 579 g/mol. The number of anilines is 1. The number of methoxy groups -OCH3 is 2. The summed E-state index contributed by atoms with van der Waals surface area (Å²) in [6.07, 6.45) is 4.32. The third-order valence-electron chi connectivity index (χ3n) is 7.71. The van der Waals surface area contributed by atoms with E-state index in [9.17, 15) is 9.59 Å². The number of amidine groups is 1.